The third kappa shape index (κ3) is 2.64. The van der Waals surface area contributed by atoms with E-state index in [-0.39, 0.29) is 18.0 Å². The van der Waals surface area contributed by atoms with Crippen LogP contribution >= 0.6 is 15.9 Å². The van der Waals surface area contributed by atoms with E-state index in [2.05, 4.69) is 21.2 Å². The molecule has 0 aliphatic carbocycles. The first-order valence-corrected chi connectivity index (χ1v) is 7.09. The highest BCUT2D eigenvalue weighted by Gasteiger charge is 2.38. The van der Waals surface area contributed by atoms with Crippen molar-refractivity contribution in [2.45, 2.75) is 38.1 Å². The SMILES string of the molecule is CCC1(C(=O)Cc2ccc(Br)cc2F)CCCN1. The van der Waals surface area contributed by atoms with Crippen LogP contribution in [0.3, 0.4) is 0 Å². The standard InChI is InChI=1S/C14H17BrFNO/c1-2-14(6-3-7-17-14)13(18)8-10-4-5-11(15)9-12(10)16/h4-5,9,17H,2-3,6-8H2,1H3. The molecule has 1 aromatic carbocycles. The molecule has 0 spiro atoms. The zero-order chi connectivity index (χ0) is 13.2. The highest BCUT2D eigenvalue weighted by Crippen LogP contribution is 2.26. The Balaban J connectivity index is 2.15. The normalized spacial score (nSPS) is 23.3. The summed E-state index contributed by atoms with van der Waals surface area (Å²) in [5.74, 6) is -0.217. The number of benzene rings is 1. The minimum atomic E-state index is -0.431. The zero-order valence-electron chi connectivity index (χ0n) is 10.4. The minimum Gasteiger partial charge on any atom is -0.305 e. The van der Waals surface area contributed by atoms with E-state index in [9.17, 15) is 9.18 Å². The molecule has 1 saturated heterocycles. The molecule has 0 bridgehead atoms. The largest absolute Gasteiger partial charge is 0.305 e. The Morgan fingerprint density at radius 1 is 1.56 bits per heavy atom. The summed E-state index contributed by atoms with van der Waals surface area (Å²) in [6.07, 6.45) is 2.81. The van der Waals surface area contributed by atoms with Gasteiger partial charge in [0.2, 0.25) is 0 Å². The van der Waals surface area contributed by atoms with Crippen LogP contribution < -0.4 is 5.32 Å². The van der Waals surface area contributed by atoms with Crippen LogP contribution in [0.4, 0.5) is 4.39 Å². The van der Waals surface area contributed by atoms with Crippen LogP contribution in [0, 0.1) is 5.82 Å². The van der Waals surface area contributed by atoms with Gasteiger partial charge in [0.05, 0.1) is 5.54 Å². The lowest BCUT2D eigenvalue weighted by molar-refractivity contribution is -0.124. The number of halogens is 2. The van der Waals surface area contributed by atoms with Gasteiger partial charge in [-0.05, 0) is 43.5 Å². The van der Waals surface area contributed by atoms with Crippen LogP contribution in [-0.2, 0) is 11.2 Å². The molecular weight excluding hydrogens is 297 g/mol. The van der Waals surface area contributed by atoms with Crippen molar-refractivity contribution in [3.8, 4) is 0 Å². The number of carbonyl (C=O) groups is 1. The number of hydrogen-bond donors (Lipinski definition) is 1. The molecule has 2 nitrogen and oxygen atoms in total. The number of rotatable bonds is 4. The fourth-order valence-corrected chi connectivity index (χ4v) is 2.88. The Labute approximate surface area is 115 Å². The fourth-order valence-electron chi connectivity index (χ4n) is 2.55. The van der Waals surface area contributed by atoms with Gasteiger partial charge < -0.3 is 5.32 Å². The Hall–Kier alpha value is -0.740. The zero-order valence-corrected chi connectivity index (χ0v) is 12.0. The smallest absolute Gasteiger partial charge is 0.157 e. The van der Waals surface area contributed by atoms with Gasteiger partial charge in [-0.25, -0.2) is 4.39 Å². The molecule has 4 heteroatoms. The third-order valence-corrected chi connectivity index (χ3v) is 4.24. The predicted molar refractivity (Wildman–Crippen MR) is 73.1 cm³/mol. The van der Waals surface area contributed by atoms with E-state index in [1.807, 2.05) is 6.92 Å². The lowest BCUT2D eigenvalue weighted by Gasteiger charge is -2.26. The summed E-state index contributed by atoms with van der Waals surface area (Å²) in [5.41, 5.74) is 0.0456. The van der Waals surface area contributed by atoms with E-state index in [1.54, 1.807) is 12.1 Å². The van der Waals surface area contributed by atoms with Crippen molar-refractivity contribution >= 4 is 21.7 Å². The second-order valence-corrected chi connectivity index (χ2v) is 5.72. The van der Waals surface area contributed by atoms with Gasteiger partial charge in [0.25, 0.3) is 0 Å². The van der Waals surface area contributed by atoms with E-state index < -0.39 is 5.54 Å². The maximum absolute atomic E-state index is 13.7. The number of nitrogens with one attached hydrogen (secondary N) is 1. The van der Waals surface area contributed by atoms with Crippen molar-refractivity contribution in [2.24, 2.45) is 0 Å². The van der Waals surface area contributed by atoms with Gasteiger partial charge in [0, 0.05) is 10.9 Å². The van der Waals surface area contributed by atoms with Crippen molar-refractivity contribution < 1.29 is 9.18 Å². The molecule has 98 valence electrons. The summed E-state index contributed by atoms with van der Waals surface area (Å²) in [5, 5.41) is 3.29. The van der Waals surface area contributed by atoms with E-state index in [1.165, 1.54) is 6.07 Å². The van der Waals surface area contributed by atoms with Crippen LogP contribution in [0.2, 0.25) is 0 Å². The summed E-state index contributed by atoms with van der Waals surface area (Å²) in [6, 6.07) is 4.85. The molecule has 1 aromatic rings. The van der Waals surface area contributed by atoms with Gasteiger partial charge in [-0.1, -0.05) is 28.9 Å². The van der Waals surface area contributed by atoms with Gasteiger partial charge >= 0.3 is 0 Å². The van der Waals surface area contributed by atoms with Gasteiger partial charge in [-0.2, -0.15) is 0 Å². The molecule has 0 amide bonds. The predicted octanol–water partition coefficient (Wildman–Crippen LogP) is 3.23. The summed E-state index contributed by atoms with van der Waals surface area (Å²) in [7, 11) is 0. The molecule has 1 aliphatic rings. The average Bonchev–Trinajstić information content (AvgIpc) is 2.82. The number of Topliss-reactive ketones (excluding diaryl/α,β-unsaturated/α-hetero) is 1. The van der Waals surface area contributed by atoms with Gasteiger partial charge in [0.1, 0.15) is 5.82 Å². The van der Waals surface area contributed by atoms with Crippen LogP contribution in [0.5, 0.6) is 0 Å². The van der Waals surface area contributed by atoms with Crippen molar-refractivity contribution in [3.63, 3.8) is 0 Å². The van der Waals surface area contributed by atoms with Crippen LogP contribution in [0.25, 0.3) is 0 Å². The van der Waals surface area contributed by atoms with Crippen LogP contribution in [0.1, 0.15) is 31.7 Å². The van der Waals surface area contributed by atoms with Gasteiger partial charge in [0.15, 0.2) is 5.78 Å². The topological polar surface area (TPSA) is 29.1 Å². The van der Waals surface area contributed by atoms with E-state index in [0.717, 1.165) is 25.8 Å². The second-order valence-electron chi connectivity index (χ2n) is 4.80. The Bertz CT molecular complexity index is 455. The monoisotopic (exact) mass is 313 g/mol. The Kier molecular flexibility index (Phi) is 4.17. The van der Waals surface area contributed by atoms with Crippen molar-refractivity contribution in [2.75, 3.05) is 6.54 Å². The minimum absolute atomic E-state index is 0.101. The first-order valence-electron chi connectivity index (χ1n) is 6.29. The molecule has 1 atom stereocenters. The van der Waals surface area contributed by atoms with Gasteiger partial charge in [-0.3, -0.25) is 4.79 Å². The number of ketones is 1. The summed E-state index contributed by atoms with van der Waals surface area (Å²) < 4.78 is 14.4. The van der Waals surface area contributed by atoms with Crippen molar-refractivity contribution in [1.29, 1.82) is 0 Å². The maximum atomic E-state index is 13.7. The summed E-state index contributed by atoms with van der Waals surface area (Å²) in [4.78, 5) is 12.4. The molecule has 2 rings (SSSR count). The maximum Gasteiger partial charge on any atom is 0.157 e. The molecule has 1 aliphatic heterocycles. The number of hydrogen-bond acceptors (Lipinski definition) is 2. The fraction of sp³-hybridized carbons (Fsp3) is 0.500. The molecule has 0 saturated carbocycles. The summed E-state index contributed by atoms with van der Waals surface area (Å²) >= 11 is 3.22. The highest BCUT2D eigenvalue weighted by atomic mass is 79.9. The molecule has 1 unspecified atom stereocenters. The molecule has 1 heterocycles. The molecule has 0 radical (unpaired) electrons. The quantitative estimate of drug-likeness (QED) is 0.924. The lowest BCUT2D eigenvalue weighted by Crippen LogP contribution is -2.47. The second kappa shape index (κ2) is 5.49. The Morgan fingerprint density at radius 3 is 2.89 bits per heavy atom. The van der Waals surface area contributed by atoms with Crippen LogP contribution in [-0.4, -0.2) is 17.9 Å². The average molecular weight is 314 g/mol. The van der Waals surface area contributed by atoms with E-state index in [4.69, 9.17) is 0 Å². The lowest BCUT2D eigenvalue weighted by atomic mass is 9.86. The van der Waals surface area contributed by atoms with E-state index in [0.29, 0.717) is 10.0 Å². The summed E-state index contributed by atoms with van der Waals surface area (Å²) in [6.45, 7) is 2.89. The molecular formula is C14H17BrFNO. The molecule has 18 heavy (non-hydrogen) atoms. The Morgan fingerprint density at radius 2 is 2.33 bits per heavy atom. The molecule has 1 N–H and O–H groups in total. The third-order valence-electron chi connectivity index (χ3n) is 3.75. The van der Waals surface area contributed by atoms with Gasteiger partial charge in [-0.15, -0.1) is 0 Å². The molecule has 0 aromatic heterocycles. The molecule has 1 fully saturated rings. The van der Waals surface area contributed by atoms with Crippen molar-refractivity contribution in [3.05, 3.63) is 34.1 Å². The highest BCUT2D eigenvalue weighted by molar-refractivity contribution is 9.10. The first kappa shape index (κ1) is 13.7. The first-order chi connectivity index (χ1) is 8.57. The van der Waals surface area contributed by atoms with E-state index >= 15 is 0 Å². The number of carbonyl (C=O) groups excluding carboxylic acids is 1. The van der Waals surface area contributed by atoms with Crippen molar-refractivity contribution in [1.82, 2.24) is 5.32 Å². The van der Waals surface area contributed by atoms with Crippen LogP contribution in [0.15, 0.2) is 22.7 Å².